The van der Waals surface area contributed by atoms with E-state index in [1.165, 1.54) is 11.1 Å². The van der Waals surface area contributed by atoms with E-state index >= 15 is 0 Å². The molecule has 0 bridgehead atoms. The van der Waals surface area contributed by atoms with Crippen LogP contribution in [0.2, 0.25) is 0 Å². The lowest BCUT2D eigenvalue weighted by Crippen LogP contribution is -2.19. The van der Waals surface area contributed by atoms with Crippen LogP contribution in [-0.2, 0) is 12.3 Å². The first-order valence-corrected chi connectivity index (χ1v) is 10.1. The number of rotatable bonds is 9. The predicted octanol–water partition coefficient (Wildman–Crippen LogP) is 5.14. The quantitative estimate of drug-likeness (QED) is 0.587. The van der Waals surface area contributed by atoms with Gasteiger partial charge >= 0.3 is 0 Å². The third-order valence-corrected chi connectivity index (χ3v) is 7.00. The Hall–Kier alpha value is -1.57. The highest BCUT2D eigenvalue weighted by Gasteiger charge is 2.20. The average Bonchev–Trinajstić information content (AvgIpc) is 2.63. The SMILES string of the molecule is CCN(CC)P(Cc1ccccc1OC)Cc1ccccc1OC. The normalized spacial score (nSPS) is 11.1. The summed E-state index contributed by atoms with van der Waals surface area (Å²) < 4.78 is 13.7. The summed E-state index contributed by atoms with van der Waals surface area (Å²) in [5, 5.41) is 0. The lowest BCUT2D eigenvalue weighted by Gasteiger charge is -2.31. The monoisotopic (exact) mass is 345 g/mol. The summed E-state index contributed by atoms with van der Waals surface area (Å²) in [5.41, 5.74) is 2.57. The van der Waals surface area contributed by atoms with Gasteiger partial charge in [-0.3, -0.25) is 4.67 Å². The Morgan fingerprint density at radius 2 is 1.17 bits per heavy atom. The first-order valence-electron chi connectivity index (χ1n) is 8.47. The molecule has 0 unspecified atom stereocenters. The molecule has 24 heavy (non-hydrogen) atoms. The molecule has 0 saturated heterocycles. The molecule has 0 aliphatic carbocycles. The van der Waals surface area contributed by atoms with Crippen molar-refractivity contribution in [1.29, 1.82) is 0 Å². The van der Waals surface area contributed by atoms with Crippen molar-refractivity contribution in [3.05, 3.63) is 59.7 Å². The van der Waals surface area contributed by atoms with Crippen LogP contribution in [0.1, 0.15) is 25.0 Å². The van der Waals surface area contributed by atoms with E-state index in [9.17, 15) is 0 Å². The topological polar surface area (TPSA) is 21.7 Å². The lowest BCUT2D eigenvalue weighted by molar-refractivity contribution is 0.410. The van der Waals surface area contributed by atoms with Gasteiger partial charge in [0.2, 0.25) is 0 Å². The number of para-hydroxylation sites is 2. The van der Waals surface area contributed by atoms with Crippen molar-refractivity contribution in [3.63, 3.8) is 0 Å². The van der Waals surface area contributed by atoms with Gasteiger partial charge in [-0.15, -0.1) is 0 Å². The van der Waals surface area contributed by atoms with Crippen LogP contribution < -0.4 is 9.47 Å². The first-order chi connectivity index (χ1) is 11.7. The van der Waals surface area contributed by atoms with Gasteiger partial charge in [0, 0.05) is 12.3 Å². The molecule has 0 aromatic heterocycles. The largest absolute Gasteiger partial charge is 0.496 e. The van der Waals surface area contributed by atoms with Crippen molar-refractivity contribution in [2.45, 2.75) is 26.2 Å². The molecule has 0 fully saturated rings. The Balaban J connectivity index is 2.28. The molecule has 0 radical (unpaired) electrons. The smallest absolute Gasteiger partial charge is 0.122 e. The van der Waals surface area contributed by atoms with E-state index in [0.717, 1.165) is 36.9 Å². The third kappa shape index (κ3) is 4.72. The minimum Gasteiger partial charge on any atom is -0.496 e. The Bertz CT molecular complexity index is 579. The van der Waals surface area contributed by atoms with E-state index < -0.39 is 0 Å². The average molecular weight is 345 g/mol. The fourth-order valence-corrected chi connectivity index (χ4v) is 5.56. The molecule has 0 saturated carbocycles. The van der Waals surface area contributed by atoms with Gasteiger partial charge in [-0.05, 0) is 44.4 Å². The molecule has 4 heteroatoms. The summed E-state index contributed by atoms with van der Waals surface area (Å²) in [5.74, 6) is 1.97. The third-order valence-electron chi connectivity index (χ3n) is 4.22. The van der Waals surface area contributed by atoms with Crippen molar-refractivity contribution in [1.82, 2.24) is 4.67 Å². The molecule has 3 nitrogen and oxygen atoms in total. The number of hydrogen-bond donors (Lipinski definition) is 0. The van der Waals surface area contributed by atoms with Gasteiger partial charge in [0.15, 0.2) is 0 Å². The van der Waals surface area contributed by atoms with Gasteiger partial charge in [-0.2, -0.15) is 0 Å². The molecule has 0 heterocycles. The summed E-state index contributed by atoms with van der Waals surface area (Å²) in [6.07, 6.45) is 2.05. The van der Waals surface area contributed by atoms with Crippen molar-refractivity contribution in [3.8, 4) is 11.5 Å². The van der Waals surface area contributed by atoms with E-state index in [1.807, 2.05) is 24.3 Å². The van der Waals surface area contributed by atoms with E-state index in [0.29, 0.717) is 0 Å². The zero-order valence-electron chi connectivity index (χ0n) is 15.2. The molecular formula is C20H28NO2P. The number of benzene rings is 2. The second-order valence-corrected chi connectivity index (χ2v) is 7.80. The maximum atomic E-state index is 5.56. The summed E-state index contributed by atoms with van der Waals surface area (Å²) in [4.78, 5) is 0. The van der Waals surface area contributed by atoms with E-state index in [2.05, 4.69) is 42.8 Å². The van der Waals surface area contributed by atoms with Gasteiger partial charge < -0.3 is 9.47 Å². The number of ether oxygens (including phenoxy) is 2. The second kappa shape index (κ2) is 9.66. The molecule has 0 spiro atoms. The van der Waals surface area contributed by atoms with Crippen LogP contribution in [0.3, 0.4) is 0 Å². The molecule has 0 N–H and O–H groups in total. The Labute approximate surface area is 147 Å². The van der Waals surface area contributed by atoms with E-state index in [1.54, 1.807) is 14.2 Å². The Kier molecular flexibility index (Phi) is 7.55. The summed E-state index contributed by atoms with van der Waals surface area (Å²) >= 11 is 0. The number of nitrogens with zero attached hydrogens (tertiary/aromatic N) is 1. The zero-order chi connectivity index (χ0) is 17.4. The molecule has 130 valence electrons. The molecular weight excluding hydrogens is 317 g/mol. The highest BCUT2D eigenvalue weighted by molar-refractivity contribution is 7.53. The molecule has 2 aromatic carbocycles. The van der Waals surface area contributed by atoms with Gasteiger partial charge in [0.25, 0.3) is 0 Å². The van der Waals surface area contributed by atoms with Gasteiger partial charge in [0.1, 0.15) is 11.5 Å². The summed E-state index contributed by atoms with van der Waals surface area (Å²) in [7, 11) is 3.15. The van der Waals surface area contributed by atoms with Crippen molar-refractivity contribution >= 4 is 8.07 Å². The maximum absolute atomic E-state index is 5.56. The Morgan fingerprint density at radius 1 is 0.750 bits per heavy atom. The molecule has 0 aliphatic heterocycles. The van der Waals surface area contributed by atoms with Crippen LogP contribution in [0.15, 0.2) is 48.5 Å². The van der Waals surface area contributed by atoms with Gasteiger partial charge in [-0.1, -0.05) is 50.2 Å². The number of methoxy groups -OCH3 is 2. The molecule has 2 rings (SSSR count). The van der Waals surface area contributed by atoms with Crippen molar-refractivity contribution in [2.24, 2.45) is 0 Å². The molecule has 0 atom stereocenters. The maximum Gasteiger partial charge on any atom is 0.122 e. The van der Waals surface area contributed by atoms with E-state index in [4.69, 9.17) is 9.47 Å². The molecule has 0 aliphatic rings. The van der Waals surface area contributed by atoms with Crippen LogP contribution >= 0.6 is 8.07 Å². The summed E-state index contributed by atoms with van der Waals surface area (Å²) in [6, 6.07) is 16.7. The molecule has 2 aromatic rings. The second-order valence-electron chi connectivity index (χ2n) is 5.59. The van der Waals surface area contributed by atoms with Gasteiger partial charge in [0.05, 0.1) is 14.2 Å². The van der Waals surface area contributed by atoms with Crippen LogP contribution in [0.5, 0.6) is 11.5 Å². The predicted molar refractivity (Wildman–Crippen MR) is 103 cm³/mol. The van der Waals surface area contributed by atoms with Crippen molar-refractivity contribution < 1.29 is 9.47 Å². The van der Waals surface area contributed by atoms with Crippen LogP contribution in [0.25, 0.3) is 0 Å². The molecule has 0 amide bonds. The minimum atomic E-state index is -0.347. The zero-order valence-corrected chi connectivity index (χ0v) is 16.1. The standard InChI is InChI=1S/C20H28NO2P/c1-5-21(6-2)24(15-17-11-7-9-13-19(17)22-3)16-18-12-8-10-14-20(18)23-4/h7-14H,5-6,15-16H2,1-4H3. The van der Waals surface area contributed by atoms with Crippen LogP contribution in [0, 0.1) is 0 Å². The fourth-order valence-electron chi connectivity index (χ4n) is 2.94. The van der Waals surface area contributed by atoms with Gasteiger partial charge in [-0.25, -0.2) is 0 Å². The first kappa shape index (κ1) is 18.8. The van der Waals surface area contributed by atoms with Crippen molar-refractivity contribution in [2.75, 3.05) is 27.3 Å². The summed E-state index contributed by atoms with van der Waals surface area (Å²) in [6.45, 7) is 6.60. The Morgan fingerprint density at radius 3 is 1.54 bits per heavy atom. The van der Waals surface area contributed by atoms with E-state index in [-0.39, 0.29) is 8.07 Å². The van der Waals surface area contributed by atoms with Crippen LogP contribution in [0.4, 0.5) is 0 Å². The van der Waals surface area contributed by atoms with Crippen LogP contribution in [-0.4, -0.2) is 32.0 Å². The minimum absolute atomic E-state index is 0.347. The highest BCUT2D eigenvalue weighted by atomic mass is 31.1. The number of hydrogen-bond acceptors (Lipinski definition) is 3. The fraction of sp³-hybridized carbons (Fsp3) is 0.400. The lowest BCUT2D eigenvalue weighted by atomic mass is 10.2. The highest BCUT2D eigenvalue weighted by Crippen LogP contribution is 2.49.